The Kier molecular flexibility index (Phi) is 5.15. The molecule has 0 unspecified atom stereocenters. The van der Waals surface area contributed by atoms with Gasteiger partial charge in [-0.1, -0.05) is 12.7 Å². The molecule has 1 aliphatic heterocycles. The maximum atomic E-state index is 11.6. The Morgan fingerprint density at radius 1 is 1.44 bits per heavy atom. The third-order valence-electron chi connectivity index (χ3n) is 3.18. The van der Waals surface area contributed by atoms with Crippen molar-refractivity contribution >= 4 is 12.1 Å². The zero-order chi connectivity index (χ0) is 13.6. The van der Waals surface area contributed by atoms with E-state index in [1.165, 1.54) is 18.1 Å². The number of likely N-dealkylation sites (tertiary alicyclic amines) is 1. The zero-order valence-electron chi connectivity index (χ0n) is 10.6. The Bertz CT molecular complexity index is 320. The van der Waals surface area contributed by atoms with Crippen LogP contribution in [0.5, 0.6) is 0 Å². The minimum absolute atomic E-state index is 0.164. The van der Waals surface area contributed by atoms with Gasteiger partial charge in [-0.25, -0.2) is 4.79 Å². The van der Waals surface area contributed by atoms with Crippen LogP contribution in [0.4, 0.5) is 4.79 Å². The maximum absolute atomic E-state index is 11.6. The van der Waals surface area contributed by atoms with Crippen LogP contribution in [0.3, 0.4) is 0 Å². The van der Waals surface area contributed by atoms with Gasteiger partial charge >= 0.3 is 12.1 Å². The molecule has 1 rings (SSSR count). The molecule has 0 spiro atoms. The number of nitrogens with zero attached hydrogens (tertiary/aromatic N) is 1. The van der Waals surface area contributed by atoms with E-state index in [4.69, 9.17) is 9.47 Å². The first-order chi connectivity index (χ1) is 8.55. The van der Waals surface area contributed by atoms with Gasteiger partial charge in [0.2, 0.25) is 0 Å². The molecule has 1 fully saturated rings. The second kappa shape index (κ2) is 6.39. The van der Waals surface area contributed by atoms with E-state index in [-0.39, 0.29) is 13.2 Å². The standard InChI is InChI=1S/C12H19NO5/c1-3-8-18-11(16)13-6-4-12(5-7-13,9-17-2)10(14)15/h3H,1,4-9H2,2H3,(H,14,15). The van der Waals surface area contributed by atoms with Crippen molar-refractivity contribution in [3.8, 4) is 0 Å². The molecule has 6 heteroatoms. The fourth-order valence-electron chi connectivity index (χ4n) is 2.04. The maximum Gasteiger partial charge on any atom is 0.410 e. The van der Waals surface area contributed by atoms with E-state index in [1.54, 1.807) is 0 Å². The van der Waals surface area contributed by atoms with Gasteiger partial charge in [0.05, 0.1) is 12.0 Å². The van der Waals surface area contributed by atoms with E-state index in [0.717, 1.165) is 0 Å². The van der Waals surface area contributed by atoms with Crippen LogP contribution in [0.15, 0.2) is 12.7 Å². The monoisotopic (exact) mass is 257 g/mol. The summed E-state index contributed by atoms with van der Waals surface area (Å²) in [5.41, 5.74) is -0.885. The average Bonchev–Trinajstić information content (AvgIpc) is 2.37. The lowest BCUT2D eigenvalue weighted by molar-refractivity contribution is -0.155. The Morgan fingerprint density at radius 2 is 2.06 bits per heavy atom. The number of carboxylic acids is 1. The van der Waals surface area contributed by atoms with Gasteiger partial charge < -0.3 is 19.5 Å². The molecule has 1 N–H and O–H groups in total. The normalized spacial score (nSPS) is 18.2. The fourth-order valence-corrected chi connectivity index (χ4v) is 2.04. The fraction of sp³-hybridized carbons (Fsp3) is 0.667. The molecule has 0 aromatic heterocycles. The number of piperidine rings is 1. The lowest BCUT2D eigenvalue weighted by Crippen LogP contribution is -2.48. The minimum Gasteiger partial charge on any atom is -0.481 e. The predicted molar refractivity (Wildman–Crippen MR) is 64.3 cm³/mol. The minimum atomic E-state index is -0.885. The molecule has 1 amide bonds. The van der Waals surface area contributed by atoms with Gasteiger partial charge in [-0.05, 0) is 12.8 Å². The van der Waals surface area contributed by atoms with Crippen LogP contribution in [0.2, 0.25) is 0 Å². The smallest absolute Gasteiger partial charge is 0.410 e. The van der Waals surface area contributed by atoms with Crippen LogP contribution in [-0.2, 0) is 14.3 Å². The number of carbonyl (C=O) groups is 2. The van der Waals surface area contributed by atoms with Crippen molar-refractivity contribution < 1.29 is 24.2 Å². The summed E-state index contributed by atoms with van der Waals surface area (Å²) in [7, 11) is 1.48. The van der Waals surface area contributed by atoms with E-state index in [9.17, 15) is 14.7 Å². The van der Waals surface area contributed by atoms with Gasteiger partial charge in [-0.3, -0.25) is 4.79 Å². The molecule has 1 heterocycles. The Morgan fingerprint density at radius 3 is 2.50 bits per heavy atom. The Balaban J connectivity index is 2.55. The molecular formula is C12H19NO5. The molecule has 18 heavy (non-hydrogen) atoms. The zero-order valence-corrected chi connectivity index (χ0v) is 10.6. The lowest BCUT2D eigenvalue weighted by Gasteiger charge is -2.37. The molecule has 1 saturated heterocycles. The van der Waals surface area contributed by atoms with Crippen molar-refractivity contribution in [1.82, 2.24) is 4.90 Å². The second-order valence-corrected chi connectivity index (χ2v) is 4.37. The molecule has 0 atom stereocenters. The number of ether oxygens (including phenoxy) is 2. The Labute approximate surface area is 106 Å². The van der Waals surface area contributed by atoms with Crippen molar-refractivity contribution in [3.05, 3.63) is 12.7 Å². The highest BCUT2D eigenvalue weighted by Gasteiger charge is 2.42. The van der Waals surface area contributed by atoms with Crippen molar-refractivity contribution in [2.24, 2.45) is 5.41 Å². The van der Waals surface area contributed by atoms with Crippen molar-refractivity contribution in [1.29, 1.82) is 0 Å². The molecule has 0 aliphatic carbocycles. The lowest BCUT2D eigenvalue weighted by atomic mass is 9.79. The van der Waals surface area contributed by atoms with Crippen LogP contribution >= 0.6 is 0 Å². The number of methoxy groups -OCH3 is 1. The molecule has 6 nitrogen and oxygen atoms in total. The predicted octanol–water partition coefficient (Wildman–Crippen LogP) is 1.12. The van der Waals surface area contributed by atoms with Gasteiger partial charge in [-0.15, -0.1) is 0 Å². The number of hydrogen-bond acceptors (Lipinski definition) is 4. The molecule has 102 valence electrons. The third-order valence-corrected chi connectivity index (χ3v) is 3.18. The van der Waals surface area contributed by atoms with Gasteiger partial charge in [0.1, 0.15) is 6.61 Å². The summed E-state index contributed by atoms with van der Waals surface area (Å²) in [4.78, 5) is 24.4. The number of carboxylic acid groups (broad SMARTS) is 1. The van der Waals surface area contributed by atoms with Gasteiger partial charge in [0, 0.05) is 20.2 Å². The summed E-state index contributed by atoms with van der Waals surface area (Å²) in [6.07, 6.45) is 1.82. The summed E-state index contributed by atoms with van der Waals surface area (Å²) in [5.74, 6) is -0.872. The number of carbonyl (C=O) groups excluding carboxylic acids is 1. The van der Waals surface area contributed by atoms with Crippen LogP contribution in [-0.4, -0.2) is 55.5 Å². The van der Waals surface area contributed by atoms with Crippen LogP contribution in [0, 0.1) is 5.41 Å². The number of hydrogen-bond donors (Lipinski definition) is 1. The summed E-state index contributed by atoms with van der Waals surface area (Å²) in [6, 6.07) is 0. The molecule has 0 saturated carbocycles. The quantitative estimate of drug-likeness (QED) is 0.747. The van der Waals surface area contributed by atoms with E-state index < -0.39 is 17.5 Å². The highest BCUT2D eigenvalue weighted by Crippen LogP contribution is 2.32. The van der Waals surface area contributed by atoms with Crippen LogP contribution < -0.4 is 0 Å². The van der Waals surface area contributed by atoms with Crippen molar-refractivity contribution in [3.63, 3.8) is 0 Å². The van der Waals surface area contributed by atoms with Gasteiger partial charge in [0.15, 0.2) is 0 Å². The molecule has 0 aromatic rings. The summed E-state index contributed by atoms with van der Waals surface area (Å²) in [5, 5.41) is 9.26. The molecule has 0 aromatic carbocycles. The van der Waals surface area contributed by atoms with Gasteiger partial charge in [-0.2, -0.15) is 0 Å². The third kappa shape index (κ3) is 3.22. The van der Waals surface area contributed by atoms with Gasteiger partial charge in [0.25, 0.3) is 0 Å². The first-order valence-electron chi connectivity index (χ1n) is 5.80. The first kappa shape index (κ1) is 14.5. The van der Waals surface area contributed by atoms with Crippen LogP contribution in [0.25, 0.3) is 0 Å². The summed E-state index contributed by atoms with van der Waals surface area (Å²) in [6.45, 7) is 4.52. The second-order valence-electron chi connectivity index (χ2n) is 4.37. The highest BCUT2D eigenvalue weighted by atomic mass is 16.6. The summed E-state index contributed by atoms with van der Waals surface area (Å²) < 4.78 is 9.89. The number of amides is 1. The SMILES string of the molecule is C=CCOC(=O)N1CCC(COC)(C(=O)O)CC1. The average molecular weight is 257 g/mol. The largest absolute Gasteiger partial charge is 0.481 e. The summed E-state index contributed by atoms with van der Waals surface area (Å²) >= 11 is 0. The topological polar surface area (TPSA) is 76.1 Å². The molecular weight excluding hydrogens is 238 g/mol. The van der Waals surface area contributed by atoms with E-state index in [2.05, 4.69) is 6.58 Å². The van der Waals surface area contributed by atoms with Crippen molar-refractivity contribution in [2.75, 3.05) is 33.4 Å². The first-order valence-corrected chi connectivity index (χ1v) is 5.80. The number of aliphatic carboxylic acids is 1. The molecule has 0 bridgehead atoms. The van der Waals surface area contributed by atoms with Crippen molar-refractivity contribution in [2.45, 2.75) is 12.8 Å². The van der Waals surface area contributed by atoms with E-state index >= 15 is 0 Å². The molecule has 0 radical (unpaired) electrons. The number of rotatable bonds is 5. The Hall–Kier alpha value is -1.56. The highest BCUT2D eigenvalue weighted by molar-refractivity contribution is 5.76. The molecule has 1 aliphatic rings. The van der Waals surface area contributed by atoms with E-state index in [0.29, 0.717) is 25.9 Å². The van der Waals surface area contributed by atoms with E-state index in [1.807, 2.05) is 0 Å². The van der Waals surface area contributed by atoms with Crippen LogP contribution in [0.1, 0.15) is 12.8 Å².